The number of amides is 1. The molecule has 0 aliphatic carbocycles. The number of fused-ring (bicyclic) bond motifs is 2. The fraction of sp³-hybridized carbons (Fsp3) is 0.0588. The van der Waals surface area contributed by atoms with E-state index in [-0.39, 0.29) is 18.0 Å². The van der Waals surface area contributed by atoms with Crippen molar-refractivity contribution in [1.29, 1.82) is 0 Å². The number of nitrogens with one attached hydrogen (secondary N) is 1. The number of hydrogen-bond donors (Lipinski definition) is 2. The van der Waals surface area contributed by atoms with Crippen LogP contribution in [0.4, 0.5) is 0 Å². The van der Waals surface area contributed by atoms with Gasteiger partial charge in [-0.25, -0.2) is 4.79 Å². The summed E-state index contributed by atoms with van der Waals surface area (Å²) in [7, 11) is 0. The molecule has 0 saturated heterocycles. The molecule has 2 N–H and O–H groups in total. The number of carboxylic acids is 1. The smallest absolute Gasteiger partial charge is 0.335 e. The van der Waals surface area contributed by atoms with Crippen LogP contribution in [-0.4, -0.2) is 21.6 Å². The summed E-state index contributed by atoms with van der Waals surface area (Å²) in [5.74, 6) is 0.173. The first-order valence-electron chi connectivity index (χ1n) is 13.0. The summed E-state index contributed by atoms with van der Waals surface area (Å²) in [6.07, 6.45) is 1.99. The third-order valence-corrected chi connectivity index (χ3v) is 6.92. The number of ether oxygens (including phenoxy) is 1. The molecule has 1 aromatic heterocycles. The van der Waals surface area contributed by atoms with Crippen molar-refractivity contribution in [2.24, 2.45) is 0 Å². The molecule has 0 unspecified atom stereocenters. The van der Waals surface area contributed by atoms with Gasteiger partial charge in [-0.05, 0) is 70.4 Å². The summed E-state index contributed by atoms with van der Waals surface area (Å²) in [6.45, 7) is 0.855. The van der Waals surface area contributed by atoms with Gasteiger partial charge < -0.3 is 19.7 Å². The van der Waals surface area contributed by atoms with Crippen LogP contribution in [0.5, 0.6) is 11.5 Å². The molecule has 6 aromatic rings. The van der Waals surface area contributed by atoms with Crippen molar-refractivity contribution in [3.63, 3.8) is 0 Å². The molecule has 0 atom stereocenters. The molecule has 0 aliphatic heterocycles. The zero-order valence-corrected chi connectivity index (χ0v) is 21.6. The van der Waals surface area contributed by atoms with E-state index in [0.717, 1.165) is 27.4 Å². The summed E-state index contributed by atoms with van der Waals surface area (Å²) in [5, 5.41) is 15.3. The average molecular weight is 527 g/mol. The van der Waals surface area contributed by atoms with Crippen molar-refractivity contribution in [1.82, 2.24) is 9.88 Å². The number of rotatable bonds is 8. The number of carbonyl (C=O) groups excluding carboxylic acids is 1. The Morgan fingerprint density at radius 1 is 0.750 bits per heavy atom. The standard InChI is InChI=1S/C34H26N2O4/c37-33(35-21-23-10-14-26(15-11-23)34(38)39)30-16-17-31(40-28-8-2-1-3-9-28)29-18-19-36(32(29)30)22-24-12-13-25-6-4-5-7-27(25)20-24/h1-20H,21-22H2,(H,35,37)(H,38,39). The van der Waals surface area contributed by atoms with Crippen LogP contribution in [0, 0.1) is 0 Å². The Labute approximate surface area is 231 Å². The van der Waals surface area contributed by atoms with Gasteiger partial charge in [0.2, 0.25) is 0 Å². The van der Waals surface area contributed by atoms with Gasteiger partial charge in [0.05, 0.1) is 16.6 Å². The monoisotopic (exact) mass is 526 g/mol. The van der Waals surface area contributed by atoms with E-state index in [4.69, 9.17) is 9.84 Å². The van der Waals surface area contributed by atoms with Crippen LogP contribution >= 0.6 is 0 Å². The number of para-hydroxylation sites is 1. The zero-order chi connectivity index (χ0) is 27.5. The predicted octanol–water partition coefficient (Wildman–Crippen LogP) is 7.26. The van der Waals surface area contributed by atoms with Crippen molar-refractivity contribution < 1.29 is 19.4 Å². The van der Waals surface area contributed by atoms with Crippen molar-refractivity contribution in [2.45, 2.75) is 13.1 Å². The molecular formula is C34H26N2O4. The first-order valence-corrected chi connectivity index (χ1v) is 13.0. The Hall–Kier alpha value is -5.36. The van der Waals surface area contributed by atoms with Crippen molar-refractivity contribution >= 4 is 33.6 Å². The Kier molecular flexibility index (Phi) is 6.73. The van der Waals surface area contributed by atoms with Crippen LogP contribution in [0.1, 0.15) is 31.8 Å². The largest absolute Gasteiger partial charge is 0.478 e. The van der Waals surface area contributed by atoms with Crippen molar-refractivity contribution in [3.05, 3.63) is 144 Å². The van der Waals surface area contributed by atoms with E-state index in [9.17, 15) is 9.59 Å². The molecule has 1 amide bonds. The van der Waals surface area contributed by atoms with E-state index < -0.39 is 5.97 Å². The minimum Gasteiger partial charge on any atom is -0.478 e. The van der Waals surface area contributed by atoms with Crippen LogP contribution in [0.2, 0.25) is 0 Å². The molecule has 6 heteroatoms. The molecule has 40 heavy (non-hydrogen) atoms. The minimum atomic E-state index is -0.983. The summed E-state index contributed by atoms with van der Waals surface area (Å²) >= 11 is 0. The molecule has 0 bridgehead atoms. The topological polar surface area (TPSA) is 80.6 Å². The van der Waals surface area contributed by atoms with Crippen LogP contribution in [0.25, 0.3) is 21.7 Å². The lowest BCUT2D eigenvalue weighted by Gasteiger charge is -2.14. The fourth-order valence-corrected chi connectivity index (χ4v) is 4.90. The van der Waals surface area contributed by atoms with E-state index in [0.29, 0.717) is 23.6 Å². The highest BCUT2D eigenvalue weighted by atomic mass is 16.5. The molecule has 0 fully saturated rings. The van der Waals surface area contributed by atoms with Gasteiger partial charge in [0.15, 0.2) is 0 Å². The second kappa shape index (κ2) is 10.8. The van der Waals surface area contributed by atoms with Gasteiger partial charge in [0.25, 0.3) is 5.91 Å². The van der Waals surface area contributed by atoms with Gasteiger partial charge in [-0.2, -0.15) is 0 Å². The van der Waals surface area contributed by atoms with E-state index in [2.05, 4.69) is 40.2 Å². The number of benzene rings is 5. The van der Waals surface area contributed by atoms with Gasteiger partial charge >= 0.3 is 5.97 Å². The molecule has 196 valence electrons. The third kappa shape index (κ3) is 5.15. The number of carboxylic acid groups (broad SMARTS) is 1. The Bertz CT molecular complexity index is 1840. The number of aromatic carboxylic acids is 1. The quantitative estimate of drug-likeness (QED) is 0.219. The van der Waals surface area contributed by atoms with Gasteiger partial charge in [-0.15, -0.1) is 0 Å². The minimum absolute atomic E-state index is 0.206. The first kappa shape index (κ1) is 24.9. The van der Waals surface area contributed by atoms with Gasteiger partial charge in [-0.1, -0.05) is 66.7 Å². The molecule has 0 aliphatic rings. The Balaban J connectivity index is 1.34. The number of nitrogens with zero attached hydrogens (tertiary/aromatic N) is 1. The van der Waals surface area contributed by atoms with E-state index in [1.165, 1.54) is 17.5 Å². The Morgan fingerprint density at radius 2 is 1.48 bits per heavy atom. The molecule has 5 aromatic carbocycles. The van der Waals surface area contributed by atoms with E-state index in [1.54, 1.807) is 18.2 Å². The van der Waals surface area contributed by atoms with Crippen molar-refractivity contribution in [3.8, 4) is 11.5 Å². The zero-order valence-electron chi connectivity index (χ0n) is 21.6. The highest BCUT2D eigenvalue weighted by molar-refractivity contribution is 6.07. The molecular weight excluding hydrogens is 500 g/mol. The maximum absolute atomic E-state index is 13.5. The average Bonchev–Trinajstić information content (AvgIpc) is 3.40. The predicted molar refractivity (Wildman–Crippen MR) is 156 cm³/mol. The second-order valence-electron chi connectivity index (χ2n) is 9.60. The maximum Gasteiger partial charge on any atom is 0.335 e. The highest BCUT2D eigenvalue weighted by Gasteiger charge is 2.18. The summed E-state index contributed by atoms with van der Waals surface area (Å²) in [5.41, 5.74) is 3.45. The van der Waals surface area contributed by atoms with Crippen molar-refractivity contribution in [2.75, 3.05) is 0 Å². The van der Waals surface area contributed by atoms with Crippen LogP contribution < -0.4 is 10.1 Å². The lowest BCUT2D eigenvalue weighted by atomic mass is 10.1. The first-order chi connectivity index (χ1) is 19.5. The van der Waals surface area contributed by atoms with Gasteiger partial charge in [0, 0.05) is 24.7 Å². The maximum atomic E-state index is 13.5. The van der Waals surface area contributed by atoms with E-state index >= 15 is 0 Å². The van der Waals surface area contributed by atoms with Crippen LogP contribution in [-0.2, 0) is 13.1 Å². The lowest BCUT2D eigenvalue weighted by molar-refractivity contribution is 0.0696. The van der Waals surface area contributed by atoms with Crippen LogP contribution in [0.15, 0.2) is 121 Å². The third-order valence-electron chi connectivity index (χ3n) is 6.92. The lowest BCUT2D eigenvalue weighted by Crippen LogP contribution is -2.23. The number of hydrogen-bond acceptors (Lipinski definition) is 3. The summed E-state index contributed by atoms with van der Waals surface area (Å²) < 4.78 is 8.29. The number of carbonyl (C=O) groups is 2. The second-order valence-corrected chi connectivity index (χ2v) is 9.60. The Morgan fingerprint density at radius 3 is 2.25 bits per heavy atom. The fourth-order valence-electron chi connectivity index (χ4n) is 4.90. The summed E-state index contributed by atoms with van der Waals surface area (Å²) in [4.78, 5) is 24.6. The van der Waals surface area contributed by atoms with E-state index in [1.807, 2.05) is 60.8 Å². The molecule has 6 rings (SSSR count). The molecule has 0 saturated carbocycles. The SMILES string of the molecule is O=C(O)c1ccc(CNC(=O)c2ccc(Oc3ccccc3)c3ccn(Cc4ccc5ccccc5c4)c23)cc1. The molecule has 1 heterocycles. The van der Waals surface area contributed by atoms with Gasteiger partial charge in [-0.3, -0.25) is 4.79 Å². The summed E-state index contributed by atoms with van der Waals surface area (Å²) in [6, 6.07) is 36.3. The van der Waals surface area contributed by atoms with Gasteiger partial charge in [0.1, 0.15) is 11.5 Å². The molecule has 0 spiro atoms. The molecule has 0 radical (unpaired) electrons. The van der Waals surface area contributed by atoms with Crippen LogP contribution in [0.3, 0.4) is 0 Å². The number of aromatic nitrogens is 1. The normalized spacial score (nSPS) is 11.0. The highest BCUT2D eigenvalue weighted by Crippen LogP contribution is 2.34. The molecule has 6 nitrogen and oxygen atoms in total.